The van der Waals surface area contributed by atoms with Gasteiger partial charge in [0.25, 0.3) is 0 Å². The number of benzene rings is 1. The predicted octanol–water partition coefficient (Wildman–Crippen LogP) is 1.05. The molecule has 1 aromatic carbocycles. The van der Waals surface area contributed by atoms with Gasteiger partial charge in [0, 0.05) is 10.6 Å². The Balaban J connectivity index is 2.94. The van der Waals surface area contributed by atoms with Crippen LogP contribution in [0.1, 0.15) is 11.6 Å². The normalized spacial score (nSPS) is 12.5. The molecule has 68 valence electrons. The number of hydrogen-bond acceptors (Lipinski definition) is 1. The third kappa shape index (κ3) is 2.45. The fourth-order valence-corrected chi connectivity index (χ4v) is 1.32. The summed E-state index contributed by atoms with van der Waals surface area (Å²) in [6.45, 7) is 0. The van der Waals surface area contributed by atoms with E-state index in [1.807, 2.05) is 38.4 Å². The Labute approximate surface area is 83.3 Å². The van der Waals surface area contributed by atoms with Crippen molar-refractivity contribution in [2.24, 2.45) is 0 Å². The highest BCUT2D eigenvalue weighted by Crippen LogP contribution is 2.13. The maximum atomic E-state index is 8.92. The van der Waals surface area contributed by atoms with Gasteiger partial charge in [-0.3, -0.25) is 0 Å². The first-order valence-corrected chi connectivity index (χ1v) is 4.48. The van der Waals surface area contributed by atoms with Crippen molar-refractivity contribution in [2.45, 2.75) is 6.04 Å². The summed E-state index contributed by atoms with van der Waals surface area (Å²) in [7, 11) is 3.92. The first kappa shape index (κ1) is 10.0. The molecule has 0 amide bonds. The average Bonchev–Trinajstić information content (AvgIpc) is 2.09. The van der Waals surface area contributed by atoms with Gasteiger partial charge in [0.2, 0.25) is 0 Å². The number of nitrogens with one attached hydrogen (secondary N) is 1. The number of hydrogen-bond donors (Lipinski definition) is 1. The fraction of sp³-hybridized carbons (Fsp3) is 0.300. The smallest absolute Gasteiger partial charge is 0.200 e. The van der Waals surface area contributed by atoms with Crippen molar-refractivity contribution in [3.8, 4) is 6.07 Å². The average molecular weight is 196 g/mol. The zero-order chi connectivity index (χ0) is 9.84. The minimum absolute atomic E-state index is 0.114. The van der Waals surface area contributed by atoms with Crippen LogP contribution in [0.4, 0.5) is 0 Å². The number of nitriles is 1. The minimum atomic E-state index is -0.114. The Kier molecular flexibility index (Phi) is 3.30. The van der Waals surface area contributed by atoms with Crippen molar-refractivity contribution in [1.82, 2.24) is 0 Å². The van der Waals surface area contributed by atoms with Gasteiger partial charge in [-0.1, -0.05) is 23.7 Å². The highest BCUT2D eigenvalue weighted by molar-refractivity contribution is 6.30. The highest BCUT2D eigenvalue weighted by Gasteiger charge is 2.15. The van der Waals surface area contributed by atoms with Crippen LogP contribution in [-0.4, -0.2) is 14.1 Å². The van der Waals surface area contributed by atoms with Gasteiger partial charge in [-0.25, -0.2) is 0 Å². The third-order valence-electron chi connectivity index (χ3n) is 1.91. The van der Waals surface area contributed by atoms with E-state index in [1.165, 1.54) is 0 Å². The molecule has 0 aliphatic rings. The van der Waals surface area contributed by atoms with Crippen LogP contribution in [0, 0.1) is 11.3 Å². The summed E-state index contributed by atoms with van der Waals surface area (Å²) in [5.41, 5.74) is 1.01. The first-order chi connectivity index (χ1) is 6.15. The van der Waals surface area contributed by atoms with Gasteiger partial charge in [-0.2, -0.15) is 5.26 Å². The molecular weight excluding hydrogens is 184 g/mol. The van der Waals surface area contributed by atoms with Crippen LogP contribution in [0.25, 0.3) is 0 Å². The van der Waals surface area contributed by atoms with Crippen molar-refractivity contribution < 1.29 is 4.90 Å². The zero-order valence-electron chi connectivity index (χ0n) is 7.71. The Bertz CT molecular complexity index is 311. The van der Waals surface area contributed by atoms with Crippen molar-refractivity contribution in [2.75, 3.05) is 14.1 Å². The Hall–Kier alpha value is -1.04. The molecule has 1 aromatic rings. The maximum Gasteiger partial charge on any atom is 0.200 e. The molecule has 0 aliphatic heterocycles. The molecule has 1 rings (SSSR count). The Morgan fingerprint density at radius 3 is 2.23 bits per heavy atom. The van der Waals surface area contributed by atoms with Gasteiger partial charge in [-0.15, -0.1) is 0 Å². The molecule has 0 heterocycles. The summed E-state index contributed by atoms with van der Waals surface area (Å²) in [6.07, 6.45) is 0. The van der Waals surface area contributed by atoms with Gasteiger partial charge in [-0.05, 0) is 12.1 Å². The van der Waals surface area contributed by atoms with Gasteiger partial charge in [0.1, 0.15) is 6.07 Å². The van der Waals surface area contributed by atoms with Crippen LogP contribution in [0.2, 0.25) is 5.02 Å². The largest absolute Gasteiger partial charge is 0.322 e. The van der Waals surface area contributed by atoms with E-state index in [0.717, 1.165) is 10.5 Å². The molecular formula is C10H12ClN2+. The lowest BCUT2D eigenvalue weighted by molar-refractivity contribution is -0.882. The van der Waals surface area contributed by atoms with E-state index in [2.05, 4.69) is 6.07 Å². The van der Waals surface area contributed by atoms with Gasteiger partial charge < -0.3 is 4.90 Å². The summed E-state index contributed by atoms with van der Waals surface area (Å²) in [5, 5.41) is 9.62. The molecule has 0 fully saturated rings. The zero-order valence-corrected chi connectivity index (χ0v) is 8.47. The number of quaternary nitrogens is 1. The molecule has 0 saturated heterocycles. The van der Waals surface area contributed by atoms with Crippen molar-refractivity contribution in [3.05, 3.63) is 34.9 Å². The molecule has 0 spiro atoms. The van der Waals surface area contributed by atoms with E-state index in [1.54, 1.807) is 0 Å². The van der Waals surface area contributed by atoms with Crippen molar-refractivity contribution in [1.29, 1.82) is 5.26 Å². The summed E-state index contributed by atoms with van der Waals surface area (Å²) in [5.74, 6) is 0. The highest BCUT2D eigenvalue weighted by atomic mass is 35.5. The third-order valence-corrected chi connectivity index (χ3v) is 2.16. The SMILES string of the molecule is C[NH+](C)[C@H](C#N)c1ccc(Cl)cc1. The summed E-state index contributed by atoms with van der Waals surface area (Å²) >= 11 is 5.75. The lowest BCUT2D eigenvalue weighted by atomic mass is 10.1. The van der Waals surface area contributed by atoms with Gasteiger partial charge in [0.15, 0.2) is 6.04 Å². The van der Waals surface area contributed by atoms with Crippen LogP contribution >= 0.6 is 11.6 Å². The molecule has 0 bridgehead atoms. The first-order valence-electron chi connectivity index (χ1n) is 4.10. The van der Waals surface area contributed by atoms with E-state index >= 15 is 0 Å². The van der Waals surface area contributed by atoms with Crippen LogP contribution in [0.5, 0.6) is 0 Å². The molecule has 0 unspecified atom stereocenters. The number of nitrogens with zero attached hydrogens (tertiary/aromatic N) is 1. The summed E-state index contributed by atoms with van der Waals surface area (Å²) in [4.78, 5) is 1.10. The van der Waals surface area contributed by atoms with Gasteiger partial charge >= 0.3 is 0 Å². The second kappa shape index (κ2) is 4.27. The Morgan fingerprint density at radius 1 is 1.31 bits per heavy atom. The standard InChI is InChI=1S/C10H11ClN2/c1-13(2)10(7-12)8-3-5-9(11)6-4-8/h3-6,10H,1-2H3/p+1/t10-/m1/s1. The molecule has 0 aromatic heterocycles. The van der Waals surface area contributed by atoms with Crippen molar-refractivity contribution >= 4 is 11.6 Å². The van der Waals surface area contributed by atoms with E-state index in [-0.39, 0.29) is 6.04 Å². The molecule has 2 nitrogen and oxygen atoms in total. The molecule has 13 heavy (non-hydrogen) atoms. The topological polar surface area (TPSA) is 28.2 Å². The Morgan fingerprint density at radius 2 is 1.85 bits per heavy atom. The van der Waals surface area contributed by atoms with E-state index in [0.29, 0.717) is 5.02 Å². The number of rotatable bonds is 2. The quantitative estimate of drug-likeness (QED) is 0.751. The monoisotopic (exact) mass is 195 g/mol. The van der Waals surface area contributed by atoms with Crippen LogP contribution < -0.4 is 4.90 Å². The van der Waals surface area contributed by atoms with E-state index < -0.39 is 0 Å². The van der Waals surface area contributed by atoms with Crippen LogP contribution in [0.15, 0.2) is 24.3 Å². The van der Waals surface area contributed by atoms with Crippen LogP contribution in [0.3, 0.4) is 0 Å². The summed E-state index contributed by atoms with van der Waals surface area (Å²) < 4.78 is 0. The molecule has 0 radical (unpaired) electrons. The predicted molar refractivity (Wildman–Crippen MR) is 52.6 cm³/mol. The van der Waals surface area contributed by atoms with E-state index in [4.69, 9.17) is 16.9 Å². The molecule has 3 heteroatoms. The van der Waals surface area contributed by atoms with Gasteiger partial charge in [0.05, 0.1) is 14.1 Å². The second-order valence-corrected chi connectivity index (χ2v) is 3.63. The lowest BCUT2D eigenvalue weighted by Crippen LogP contribution is -3.06. The fourth-order valence-electron chi connectivity index (χ4n) is 1.19. The minimum Gasteiger partial charge on any atom is -0.322 e. The second-order valence-electron chi connectivity index (χ2n) is 3.19. The maximum absolute atomic E-state index is 8.92. The van der Waals surface area contributed by atoms with Crippen LogP contribution in [-0.2, 0) is 0 Å². The molecule has 1 atom stereocenters. The van der Waals surface area contributed by atoms with E-state index in [9.17, 15) is 0 Å². The summed E-state index contributed by atoms with van der Waals surface area (Å²) in [6, 6.07) is 9.55. The van der Waals surface area contributed by atoms with Crippen molar-refractivity contribution in [3.63, 3.8) is 0 Å². The molecule has 1 N–H and O–H groups in total. The molecule has 0 aliphatic carbocycles. The molecule has 0 saturated carbocycles. The number of halogens is 1. The lowest BCUT2D eigenvalue weighted by Gasteiger charge is -2.14.